The zero-order valence-electron chi connectivity index (χ0n) is 11.1. The van der Waals surface area contributed by atoms with Crippen molar-refractivity contribution in [2.75, 3.05) is 6.54 Å². The number of nitrogens with zero attached hydrogens (tertiary/aromatic N) is 2. The van der Waals surface area contributed by atoms with Crippen molar-refractivity contribution in [2.45, 2.75) is 25.6 Å². The molecule has 0 aliphatic heterocycles. The molecule has 0 saturated heterocycles. The van der Waals surface area contributed by atoms with Crippen LogP contribution in [-0.4, -0.2) is 16.1 Å². The molecule has 0 spiro atoms. The number of nitrogens with one attached hydrogen (secondary N) is 1. The molecule has 1 atom stereocenters. The van der Waals surface area contributed by atoms with Crippen LogP contribution in [-0.2, 0) is 6.18 Å². The fraction of sp³-hybridized carbons (Fsp3) is 0.385. The molecule has 0 amide bonds. The van der Waals surface area contributed by atoms with Gasteiger partial charge in [0.25, 0.3) is 0 Å². The molecule has 2 aromatic rings. The first-order chi connectivity index (χ1) is 9.93. The van der Waals surface area contributed by atoms with Gasteiger partial charge in [0.2, 0.25) is 0 Å². The number of hydrogen-bond acceptors (Lipinski definition) is 4. The summed E-state index contributed by atoms with van der Waals surface area (Å²) in [6.07, 6.45) is -3.87. The summed E-state index contributed by atoms with van der Waals surface area (Å²) < 4.78 is 55.2. The molecule has 21 heavy (non-hydrogen) atoms. The minimum atomic E-state index is -4.70. The van der Waals surface area contributed by atoms with E-state index in [2.05, 4.69) is 14.9 Å². The van der Waals surface area contributed by atoms with Crippen LogP contribution < -0.4 is 5.32 Å². The maximum Gasteiger partial charge on any atom is 0.419 e. The topological polar surface area (TPSA) is 37.8 Å². The highest BCUT2D eigenvalue weighted by atomic mass is 32.1. The van der Waals surface area contributed by atoms with Crippen LogP contribution in [0.25, 0.3) is 0 Å². The first-order valence-corrected chi connectivity index (χ1v) is 7.14. The van der Waals surface area contributed by atoms with Gasteiger partial charge in [-0.3, -0.25) is 0 Å². The Labute approximate surface area is 123 Å². The average Bonchev–Trinajstić information content (AvgIpc) is 2.91. The third kappa shape index (κ3) is 3.76. The molecule has 1 heterocycles. The SMILES string of the molecule is CCCNC(c1ccc(C(F)(F)F)c(F)c1)c1csnn1. The van der Waals surface area contributed by atoms with Crippen molar-refractivity contribution >= 4 is 11.5 Å². The van der Waals surface area contributed by atoms with Crippen LogP contribution in [0.4, 0.5) is 17.6 Å². The van der Waals surface area contributed by atoms with E-state index in [9.17, 15) is 17.6 Å². The van der Waals surface area contributed by atoms with Gasteiger partial charge in [-0.2, -0.15) is 13.2 Å². The van der Waals surface area contributed by atoms with Crippen molar-refractivity contribution in [2.24, 2.45) is 0 Å². The maximum atomic E-state index is 13.7. The van der Waals surface area contributed by atoms with Gasteiger partial charge < -0.3 is 5.32 Å². The van der Waals surface area contributed by atoms with Gasteiger partial charge >= 0.3 is 6.18 Å². The molecular formula is C13H13F4N3S. The average molecular weight is 319 g/mol. The normalized spacial score (nSPS) is 13.4. The largest absolute Gasteiger partial charge is 0.419 e. The quantitative estimate of drug-likeness (QED) is 0.852. The fourth-order valence-corrected chi connectivity index (χ4v) is 2.40. The van der Waals surface area contributed by atoms with E-state index >= 15 is 0 Å². The van der Waals surface area contributed by atoms with Gasteiger partial charge in [-0.1, -0.05) is 17.5 Å². The van der Waals surface area contributed by atoms with Crippen molar-refractivity contribution < 1.29 is 17.6 Å². The smallest absolute Gasteiger partial charge is 0.305 e. The third-order valence-corrected chi connectivity index (χ3v) is 3.43. The van der Waals surface area contributed by atoms with E-state index in [4.69, 9.17) is 0 Å². The van der Waals surface area contributed by atoms with E-state index in [1.165, 1.54) is 6.07 Å². The molecule has 0 fully saturated rings. The summed E-state index contributed by atoms with van der Waals surface area (Å²) in [4.78, 5) is 0. The van der Waals surface area contributed by atoms with Crippen LogP contribution in [0.5, 0.6) is 0 Å². The van der Waals surface area contributed by atoms with E-state index in [-0.39, 0.29) is 0 Å². The molecule has 1 unspecified atom stereocenters. The lowest BCUT2D eigenvalue weighted by molar-refractivity contribution is -0.140. The van der Waals surface area contributed by atoms with Crippen molar-refractivity contribution in [3.63, 3.8) is 0 Å². The van der Waals surface area contributed by atoms with Crippen LogP contribution >= 0.6 is 11.5 Å². The van der Waals surface area contributed by atoms with Crippen LogP contribution in [0.3, 0.4) is 0 Å². The maximum absolute atomic E-state index is 13.7. The minimum absolute atomic E-state index is 0.390. The third-order valence-electron chi connectivity index (χ3n) is 2.90. The Bertz CT molecular complexity index is 584. The zero-order chi connectivity index (χ0) is 15.5. The molecule has 0 radical (unpaired) electrons. The van der Waals surface area contributed by atoms with Crippen molar-refractivity contribution in [1.82, 2.24) is 14.9 Å². The van der Waals surface area contributed by atoms with Crippen LogP contribution in [0.15, 0.2) is 23.6 Å². The van der Waals surface area contributed by atoms with Gasteiger partial charge in [-0.05, 0) is 42.2 Å². The second-order valence-corrected chi connectivity index (χ2v) is 5.06. The summed E-state index contributed by atoms with van der Waals surface area (Å²) in [7, 11) is 0. The van der Waals surface area contributed by atoms with Gasteiger partial charge in [0.1, 0.15) is 5.82 Å². The number of alkyl halides is 3. The molecule has 0 saturated carbocycles. The second kappa shape index (κ2) is 6.48. The molecule has 114 valence electrons. The summed E-state index contributed by atoms with van der Waals surface area (Å²) in [5.41, 5.74) is -0.314. The Hall–Kier alpha value is -1.54. The highest BCUT2D eigenvalue weighted by Crippen LogP contribution is 2.33. The molecule has 0 aliphatic carbocycles. The number of rotatable bonds is 5. The Morgan fingerprint density at radius 2 is 2.10 bits per heavy atom. The molecule has 8 heteroatoms. The van der Waals surface area contributed by atoms with Gasteiger partial charge in [-0.15, -0.1) is 5.10 Å². The number of benzene rings is 1. The lowest BCUT2D eigenvalue weighted by Gasteiger charge is -2.18. The van der Waals surface area contributed by atoms with Crippen LogP contribution in [0.2, 0.25) is 0 Å². The summed E-state index contributed by atoms with van der Waals surface area (Å²) in [6, 6.07) is 2.44. The molecule has 2 rings (SSSR count). The minimum Gasteiger partial charge on any atom is -0.305 e. The Kier molecular flexibility index (Phi) is 4.89. The molecular weight excluding hydrogens is 306 g/mol. The highest BCUT2D eigenvalue weighted by molar-refractivity contribution is 7.03. The van der Waals surface area contributed by atoms with Crippen molar-refractivity contribution in [3.8, 4) is 0 Å². The monoisotopic (exact) mass is 319 g/mol. The number of aromatic nitrogens is 2. The first-order valence-electron chi connectivity index (χ1n) is 6.30. The van der Waals surface area contributed by atoms with E-state index in [1.807, 2.05) is 6.92 Å². The van der Waals surface area contributed by atoms with E-state index < -0.39 is 23.6 Å². The predicted molar refractivity (Wildman–Crippen MR) is 71.4 cm³/mol. The Morgan fingerprint density at radius 3 is 2.62 bits per heavy atom. The second-order valence-electron chi connectivity index (χ2n) is 4.45. The molecule has 3 nitrogen and oxygen atoms in total. The molecule has 1 N–H and O–H groups in total. The van der Waals surface area contributed by atoms with E-state index in [0.29, 0.717) is 17.8 Å². The summed E-state index contributed by atoms with van der Waals surface area (Å²) in [5, 5.41) is 8.72. The lowest BCUT2D eigenvalue weighted by atomic mass is 10.0. The van der Waals surface area contributed by atoms with Gasteiger partial charge in [0, 0.05) is 5.38 Å². The van der Waals surface area contributed by atoms with Crippen molar-refractivity contribution in [1.29, 1.82) is 0 Å². The first kappa shape index (κ1) is 15.8. The Balaban J connectivity index is 2.35. The van der Waals surface area contributed by atoms with Crippen LogP contribution in [0, 0.1) is 5.82 Å². The molecule has 1 aromatic heterocycles. The molecule has 0 bridgehead atoms. The molecule has 1 aromatic carbocycles. The molecule has 0 aliphatic rings. The summed E-state index contributed by atoms with van der Waals surface area (Å²) in [5.74, 6) is -1.29. The number of hydrogen-bond donors (Lipinski definition) is 1. The highest BCUT2D eigenvalue weighted by Gasteiger charge is 2.34. The van der Waals surface area contributed by atoms with Crippen LogP contribution in [0.1, 0.15) is 36.2 Å². The lowest BCUT2D eigenvalue weighted by Crippen LogP contribution is -2.24. The van der Waals surface area contributed by atoms with E-state index in [1.54, 1.807) is 5.38 Å². The Morgan fingerprint density at radius 1 is 1.33 bits per heavy atom. The fourth-order valence-electron chi connectivity index (χ4n) is 1.92. The zero-order valence-corrected chi connectivity index (χ0v) is 11.9. The van der Waals surface area contributed by atoms with Crippen molar-refractivity contribution in [3.05, 3.63) is 46.2 Å². The van der Waals surface area contributed by atoms with Gasteiger partial charge in [0.05, 0.1) is 17.3 Å². The van der Waals surface area contributed by atoms with E-state index in [0.717, 1.165) is 30.1 Å². The van der Waals surface area contributed by atoms with Gasteiger partial charge in [0.15, 0.2) is 0 Å². The standard InChI is InChI=1S/C13H13F4N3S/c1-2-5-18-12(11-7-21-20-19-11)8-3-4-9(10(14)6-8)13(15,16)17/h3-4,6-7,12,18H,2,5H2,1H3. The predicted octanol–water partition coefficient (Wildman–Crippen LogP) is 3.79. The summed E-state index contributed by atoms with van der Waals surface area (Å²) in [6.45, 7) is 2.58. The number of halogens is 4. The summed E-state index contributed by atoms with van der Waals surface area (Å²) >= 11 is 1.13. The van der Waals surface area contributed by atoms with Gasteiger partial charge in [-0.25, -0.2) is 4.39 Å².